The van der Waals surface area contributed by atoms with E-state index in [0.717, 1.165) is 35.7 Å². The molecule has 4 aliphatic rings. The van der Waals surface area contributed by atoms with E-state index in [9.17, 15) is 9.59 Å². The molecule has 1 N–H and O–H groups in total. The number of benzene rings is 1. The Morgan fingerprint density at radius 1 is 0.947 bits per heavy atom. The lowest BCUT2D eigenvalue weighted by Gasteiger charge is -2.54. The third-order valence-electron chi connectivity index (χ3n) is 9.67. The molecule has 6 rings (SSSR count). The summed E-state index contributed by atoms with van der Waals surface area (Å²) in [7, 11) is 0. The summed E-state index contributed by atoms with van der Waals surface area (Å²) in [4.78, 5) is 37.3. The van der Waals surface area contributed by atoms with Crippen molar-refractivity contribution in [3.05, 3.63) is 40.3 Å². The van der Waals surface area contributed by atoms with Gasteiger partial charge in [-0.25, -0.2) is 9.78 Å². The van der Waals surface area contributed by atoms with Crippen molar-refractivity contribution in [2.45, 2.75) is 108 Å². The number of aromatic nitrogens is 2. The summed E-state index contributed by atoms with van der Waals surface area (Å²) in [5.41, 5.74) is 1.99. The van der Waals surface area contributed by atoms with Crippen molar-refractivity contribution in [2.24, 2.45) is 17.0 Å². The van der Waals surface area contributed by atoms with Gasteiger partial charge in [0, 0.05) is 24.2 Å². The van der Waals surface area contributed by atoms with Gasteiger partial charge in [0.25, 0.3) is 5.56 Å². The predicted molar refractivity (Wildman–Crippen MR) is 146 cm³/mol. The molecular formula is C30H40N4O4. The van der Waals surface area contributed by atoms with Crippen molar-refractivity contribution in [2.75, 3.05) is 6.61 Å². The van der Waals surface area contributed by atoms with E-state index in [1.165, 1.54) is 64.2 Å². The van der Waals surface area contributed by atoms with Crippen molar-refractivity contribution in [3.8, 4) is 0 Å². The molecule has 4 fully saturated rings. The van der Waals surface area contributed by atoms with Crippen molar-refractivity contribution >= 4 is 22.7 Å². The standard InChI is InChI=1S/C30H40N4O4/c1-19(32-38-18-28(35)36)29-30(37)34(27-12-5-4-11-26(27)31-29)25-16-22-9-6-10-23(17-25)33(22)24-14-20-7-2-3-8-21(13-20)15-24/h4-5,11-12,20-25H,2-3,6-10,13-18H2,1H3,(H,35,36)/b32-19+/t20-,21-,22-,23-/m1/s1. The van der Waals surface area contributed by atoms with E-state index in [2.05, 4.69) is 15.0 Å². The number of carboxylic acids is 1. The van der Waals surface area contributed by atoms with E-state index in [1.54, 1.807) is 6.92 Å². The van der Waals surface area contributed by atoms with E-state index < -0.39 is 12.6 Å². The van der Waals surface area contributed by atoms with E-state index in [4.69, 9.17) is 9.94 Å². The summed E-state index contributed by atoms with van der Waals surface area (Å²) in [5.74, 6) is 0.695. The monoisotopic (exact) mass is 520 g/mol. The second kappa shape index (κ2) is 10.8. The van der Waals surface area contributed by atoms with Crippen LogP contribution in [0.1, 0.15) is 95.7 Å². The molecule has 8 heteroatoms. The first kappa shape index (κ1) is 25.5. The van der Waals surface area contributed by atoms with Crippen LogP contribution in [0, 0.1) is 11.8 Å². The Morgan fingerprint density at radius 3 is 2.32 bits per heavy atom. The van der Waals surface area contributed by atoms with E-state index in [-0.39, 0.29) is 17.3 Å². The fraction of sp³-hybridized carbons (Fsp3) is 0.667. The highest BCUT2D eigenvalue weighted by Crippen LogP contribution is 2.46. The van der Waals surface area contributed by atoms with Gasteiger partial charge in [0.15, 0.2) is 5.69 Å². The summed E-state index contributed by atoms with van der Waals surface area (Å²) in [6.45, 7) is 1.11. The van der Waals surface area contributed by atoms with Gasteiger partial charge in [-0.2, -0.15) is 0 Å². The molecule has 2 saturated carbocycles. The van der Waals surface area contributed by atoms with Gasteiger partial charge in [-0.3, -0.25) is 9.69 Å². The molecule has 0 radical (unpaired) electrons. The lowest BCUT2D eigenvalue weighted by Crippen LogP contribution is -2.58. The third kappa shape index (κ3) is 4.99. The first-order valence-electron chi connectivity index (χ1n) is 14.7. The van der Waals surface area contributed by atoms with E-state index >= 15 is 0 Å². The van der Waals surface area contributed by atoms with Gasteiger partial charge < -0.3 is 14.5 Å². The van der Waals surface area contributed by atoms with Crippen LogP contribution in [0.15, 0.2) is 34.2 Å². The Labute approximate surface area is 224 Å². The minimum absolute atomic E-state index is 0.110. The quantitative estimate of drug-likeness (QED) is 0.419. The summed E-state index contributed by atoms with van der Waals surface area (Å²) < 4.78 is 1.97. The molecule has 1 aromatic heterocycles. The molecule has 2 aliphatic carbocycles. The summed E-state index contributed by atoms with van der Waals surface area (Å²) in [5, 5.41) is 12.8. The Hall–Kier alpha value is -2.74. The number of oxime groups is 1. The largest absolute Gasteiger partial charge is 0.479 e. The number of carboxylic acid groups (broad SMARTS) is 1. The van der Waals surface area contributed by atoms with Gasteiger partial charge in [-0.05, 0) is 75.8 Å². The molecule has 4 atom stereocenters. The normalized spacial score (nSPS) is 32.1. The average Bonchev–Trinajstić information content (AvgIpc) is 3.06. The van der Waals surface area contributed by atoms with Crippen LogP contribution >= 0.6 is 0 Å². The maximum absolute atomic E-state index is 13.9. The molecule has 8 nitrogen and oxygen atoms in total. The molecule has 3 heterocycles. The predicted octanol–water partition coefficient (Wildman–Crippen LogP) is 5.14. The fourth-order valence-electron chi connectivity index (χ4n) is 8.29. The van der Waals surface area contributed by atoms with Gasteiger partial charge >= 0.3 is 5.97 Å². The lowest BCUT2D eigenvalue weighted by molar-refractivity contribution is -0.142. The number of carbonyl (C=O) groups is 1. The molecule has 0 spiro atoms. The van der Waals surface area contributed by atoms with Crippen molar-refractivity contribution < 1.29 is 14.7 Å². The highest BCUT2D eigenvalue weighted by molar-refractivity contribution is 5.97. The Bertz CT molecular complexity index is 1240. The molecular weight excluding hydrogens is 480 g/mol. The first-order chi connectivity index (χ1) is 18.5. The lowest BCUT2D eigenvalue weighted by atomic mass is 9.73. The number of para-hydroxylation sites is 2. The van der Waals surface area contributed by atoms with Gasteiger partial charge in [0.1, 0.15) is 5.71 Å². The third-order valence-corrected chi connectivity index (χ3v) is 9.67. The highest BCUT2D eigenvalue weighted by atomic mass is 16.6. The van der Waals surface area contributed by atoms with Crippen molar-refractivity contribution in [1.82, 2.24) is 14.5 Å². The molecule has 1 aromatic carbocycles. The van der Waals surface area contributed by atoms with Crippen LogP contribution in [0.4, 0.5) is 0 Å². The van der Waals surface area contributed by atoms with Crippen molar-refractivity contribution in [1.29, 1.82) is 0 Å². The molecule has 38 heavy (non-hydrogen) atoms. The van der Waals surface area contributed by atoms with Gasteiger partial charge in [-0.15, -0.1) is 0 Å². The zero-order valence-corrected chi connectivity index (χ0v) is 22.4. The van der Waals surface area contributed by atoms with Crippen LogP contribution < -0.4 is 5.56 Å². The topological polar surface area (TPSA) is 97.0 Å². The van der Waals surface area contributed by atoms with Crippen LogP contribution in [0.25, 0.3) is 11.0 Å². The van der Waals surface area contributed by atoms with Gasteiger partial charge in [0.05, 0.1) is 11.0 Å². The number of hydrogen-bond donors (Lipinski definition) is 1. The Balaban J connectivity index is 1.31. The highest BCUT2D eigenvalue weighted by Gasteiger charge is 2.45. The second-order valence-electron chi connectivity index (χ2n) is 12.2. The Morgan fingerprint density at radius 2 is 1.63 bits per heavy atom. The molecule has 0 unspecified atom stereocenters. The van der Waals surface area contributed by atoms with E-state index in [0.29, 0.717) is 23.8 Å². The van der Waals surface area contributed by atoms with Crippen LogP contribution in [0.3, 0.4) is 0 Å². The Kier molecular flexibility index (Phi) is 7.25. The zero-order valence-electron chi connectivity index (χ0n) is 22.4. The number of fused-ring (bicyclic) bond motifs is 5. The number of nitrogens with zero attached hydrogens (tertiary/aromatic N) is 4. The number of rotatable bonds is 6. The van der Waals surface area contributed by atoms with Crippen LogP contribution in [-0.2, 0) is 9.63 Å². The number of aliphatic carboxylic acids is 1. The molecule has 2 aromatic rings. The summed E-state index contributed by atoms with van der Waals surface area (Å²) in [6, 6.07) is 9.68. The van der Waals surface area contributed by atoms with Crippen LogP contribution in [0.5, 0.6) is 0 Å². The molecule has 4 bridgehead atoms. The average molecular weight is 521 g/mol. The summed E-state index contributed by atoms with van der Waals surface area (Å²) in [6.07, 6.45) is 15.5. The fourth-order valence-corrected chi connectivity index (χ4v) is 8.29. The SMILES string of the molecule is C/C(=N\OCC(=O)O)c1nc2ccccc2n(C2C[C@H]3CCC[C@H](C2)N3C2C[C@@H]3CCCC[C@@H](C2)C3)c1=O. The molecule has 204 valence electrons. The van der Waals surface area contributed by atoms with Crippen LogP contribution in [0.2, 0.25) is 0 Å². The van der Waals surface area contributed by atoms with Gasteiger partial charge in [-0.1, -0.05) is 49.4 Å². The number of hydrogen-bond acceptors (Lipinski definition) is 6. The smallest absolute Gasteiger partial charge is 0.344 e. The molecule has 0 amide bonds. The maximum Gasteiger partial charge on any atom is 0.344 e. The minimum atomic E-state index is -1.11. The number of piperidine rings is 2. The van der Waals surface area contributed by atoms with E-state index in [1.807, 2.05) is 28.8 Å². The minimum Gasteiger partial charge on any atom is -0.479 e. The molecule has 2 saturated heterocycles. The molecule has 2 aliphatic heterocycles. The van der Waals surface area contributed by atoms with Crippen LogP contribution in [-0.4, -0.2) is 56.0 Å². The summed E-state index contributed by atoms with van der Waals surface area (Å²) >= 11 is 0. The zero-order chi connectivity index (χ0) is 26.2. The van der Waals surface area contributed by atoms with Gasteiger partial charge in [0.2, 0.25) is 6.61 Å². The maximum atomic E-state index is 13.9. The second-order valence-corrected chi connectivity index (χ2v) is 12.2. The van der Waals surface area contributed by atoms with Crippen molar-refractivity contribution in [3.63, 3.8) is 0 Å². The first-order valence-corrected chi connectivity index (χ1v) is 14.7.